The lowest BCUT2D eigenvalue weighted by Gasteiger charge is -2.13. The molecule has 0 saturated heterocycles. The summed E-state index contributed by atoms with van der Waals surface area (Å²) in [5.74, 6) is -0.793. The molecule has 138 valence electrons. The normalized spacial score (nSPS) is 12.4. The van der Waals surface area contributed by atoms with Gasteiger partial charge in [-0.1, -0.05) is 97.3 Å². The lowest BCUT2D eigenvalue weighted by Crippen LogP contribution is -2.24. The second-order valence-corrected chi connectivity index (χ2v) is 6.73. The Kier molecular flexibility index (Phi) is 17.3. The van der Waals surface area contributed by atoms with E-state index in [4.69, 9.17) is 4.74 Å². The van der Waals surface area contributed by atoms with Gasteiger partial charge in [0.25, 0.3) is 0 Å². The van der Waals surface area contributed by atoms with Gasteiger partial charge in [-0.05, 0) is 12.8 Å². The van der Waals surface area contributed by atoms with E-state index in [-0.39, 0.29) is 0 Å². The highest BCUT2D eigenvalue weighted by molar-refractivity contribution is 5.72. The fourth-order valence-corrected chi connectivity index (χ4v) is 2.85. The molecule has 0 saturated carbocycles. The maximum Gasteiger partial charge on any atom is 0.332 e. The van der Waals surface area contributed by atoms with Gasteiger partial charge in [0, 0.05) is 6.61 Å². The molecule has 0 aliphatic heterocycles. The molecule has 0 aromatic rings. The van der Waals surface area contributed by atoms with Crippen LogP contribution in [0.3, 0.4) is 0 Å². The molecule has 1 atom stereocenters. The van der Waals surface area contributed by atoms with E-state index in [9.17, 15) is 9.90 Å². The number of rotatable bonds is 18. The lowest BCUT2D eigenvalue weighted by molar-refractivity contribution is -0.151. The van der Waals surface area contributed by atoms with Crippen LogP contribution in [0.15, 0.2) is 0 Å². The Labute approximate surface area is 144 Å². The molecule has 0 rings (SSSR count). The number of carboxylic acid groups (broad SMARTS) is 1. The van der Waals surface area contributed by atoms with E-state index in [1.165, 1.54) is 64.2 Å². The molecule has 0 fully saturated rings. The van der Waals surface area contributed by atoms with E-state index in [1.54, 1.807) is 0 Å². The zero-order valence-corrected chi connectivity index (χ0v) is 15.7. The molecule has 0 aliphatic carbocycles. The summed E-state index contributed by atoms with van der Waals surface area (Å²) in [5.41, 5.74) is 0. The number of carbonyl (C=O) groups is 1. The van der Waals surface area contributed by atoms with Gasteiger partial charge in [-0.2, -0.15) is 0 Å². The van der Waals surface area contributed by atoms with E-state index >= 15 is 0 Å². The standard InChI is InChI=1S/C20H40O3/c1-3-5-7-9-11-12-13-15-17-19(20(21)22)23-18-16-14-10-8-6-4-2/h19H,3-18H2,1-2H3,(H,21,22). The van der Waals surface area contributed by atoms with Crippen molar-refractivity contribution in [1.29, 1.82) is 0 Å². The Bertz CT molecular complexity index is 253. The van der Waals surface area contributed by atoms with Crippen LogP contribution in [0.4, 0.5) is 0 Å². The monoisotopic (exact) mass is 328 g/mol. The molecule has 1 unspecified atom stereocenters. The third-order valence-corrected chi connectivity index (χ3v) is 4.41. The number of carboxylic acids is 1. The van der Waals surface area contributed by atoms with Crippen molar-refractivity contribution in [3.8, 4) is 0 Å². The first kappa shape index (κ1) is 22.4. The average molecular weight is 329 g/mol. The molecule has 0 spiro atoms. The first-order valence-corrected chi connectivity index (χ1v) is 10.1. The highest BCUT2D eigenvalue weighted by atomic mass is 16.5. The van der Waals surface area contributed by atoms with Crippen molar-refractivity contribution in [2.75, 3.05) is 6.61 Å². The zero-order valence-electron chi connectivity index (χ0n) is 15.7. The number of unbranched alkanes of at least 4 members (excludes halogenated alkanes) is 12. The van der Waals surface area contributed by atoms with Crippen LogP contribution < -0.4 is 0 Å². The fourth-order valence-electron chi connectivity index (χ4n) is 2.85. The summed E-state index contributed by atoms with van der Waals surface area (Å²) in [6.45, 7) is 5.04. The Morgan fingerprint density at radius 2 is 1.17 bits per heavy atom. The van der Waals surface area contributed by atoms with Crippen LogP contribution in [0.1, 0.15) is 110 Å². The van der Waals surface area contributed by atoms with Crippen molar-refractivity contribution >= 4 is 5.97 Å². The first-order valence-electron chi connectivity index (χ1n) is 10.1. The molecule has 0 heterocycles. The largest absolute Gasteiger partial charge is 0.479 e. The van der Waals surface area contributed by atoms with Crippen LogP contribution in [0.2, 0.25) is 0 Å². The van der Waals surface area contributed by atoms with Gasteiger partial charge in [0.15, 0.2) is 6.10 Å². The van der Waals surface area contributed by atoms with Crippen molar-refractivity contribution in [1.82, 2.24) is 0 Å². The van der Waals surface area contributed by atoms with Crippen molar-refractivity contribution in [2.24, 2.45) is 0 Å². The number of hydrogen-bond acceptors (Lipinski definition) is 2. The van der Waals surface area contributed by atoms with E-state index < -0.39 is 12.1 Å². The second-order valence-electron chi connectivity index (χ2n) is 6.73. The number of ether oxygens (including phenoxy) is 1. The molecule has 0 radical (unpaired) electrons. The van der Waals surface area contributed by atoms with Gasteiger partial charge in [0.2, 0.25) is 0 Å². The van der Waals surface area contributed by atoms with Crippen molar-refractivity contribution in [3.05, 3.63) is 0 Å². The van der Waals surface area contributed by atoms with Crippen LogP contribution >= 0.6 is 0 Å². The maximum absolute atomic E-state index is 11.2. The summed E-state index contributed by atoms with van der Waals surface area (Å²) in [6, 6.07) is 0. The Hall–Kier alpha value is -0.570. The van der Waals surface area contributed by atoms with Crippen LogP contribution in [0, 0.1) is 0 Å². The van der Waals surface area contributed by atoms with Gasteiger partial charge in [-0.25, -0.2) is 4.79 Å². The molecule has 1 N–H and O–H groups in total. The molecule has 0 amide bonds. The predicted molar refractivity (Wildman–Crippen MR) is 98.0 cm³/mol. The minimum absolute atomic E-state index is 0.592. The molecule has 23 heavy (non-hydrogen) atoms. The summed E-state index contributed by atoms with van der Waals surface area (Å²) in [4.78, 5) is 11.2. The zero-order chi connectivity index (χ0) is 17.2. The van der Waals surface area contributed by atoms with Gasteiger partial charge in [-0.3, -0.25) is 0 Å². The van der Waals surface area contributed by atoms with Crippen molar-refractivity contribution in [3.63, 3.8) is 0 Å². The van der Waals surface area contributed by atoms with Crippen LogP contribution in [0.25, 0.3) is 0 Å². The Morgan fingerprint density at radius 3 is 1.65 bits per heavy atom. The highest BCUT2D eigenvalue weighted by Crippen LogP contribution is 2.13. The van der Waals surface area contributed by atoms with E-state index in [0.29, 0.717) is 13.0 Å². The van der Waals surface area contributed by atoms with Gasteiger partial charge in [0.05, 0.1) is 0 Å². The fraction of sp³-hybridized carbons (Fsp3) is 0.950. The molecule has 3 nitrogen and oxygen atoms in total. The molecular weight excluding hydrogens is 288 g/mol. The molecule has 0 aliphatic rings. The smallest absolute Gasteiger partial charge is 0.332 e. The summed E-state index contributed by atoms with van der Waals surface area (Å²) in [7, 11) is 0. The number of hydrogen-bond donors (Lipinski definition) is 1. The van der Waals surface area contributed by atoms with Crippen LogP contribution in [-0.4, -0.2) is 23.8 Å². The van der Waals surface area contributed by atoms with Gasteiger partial charge < -0.3 is 9.84 Å². The van der Waals surface area contributed by atoms with E-state index in [2.05, 4.69) is 13.8 Å². The lowest BCUT2D eigenvalue weighted by atomic mass is 10.1. The average Bonchev–Trinajstić information content (AvgIpc) is 2.54. The van der Waals surface area contributed by atoms with E-state index in [0.717, 1.165) is 25.7 Å². The molecule has 0 aromatic carbocycles. The number of aliphatic carboxylic acids is 1. The third-order valence-electron chi connectivity index (χ3n) is 4.41. The van der Waals surface area contributed by atoms with Gasteiger partial charge >= 0.3 is 5.97 Å². The highest BCUT2D eigenvalue weighted by Gasteiger charge is 2.16. The van der Waals surface area contributed by atoms with Crippen LogP contribution in [0.5, 0.6) is 0 Å². The molecule has 3 heteroatoms. The second kappa shape index (κ2) is 17.8. The Morgan fingerprint density at radius 1 is 0.739 bits per heavy atom. The minimum atomic E-state index is -0.793. The summed E-state index contributed by atoms with van der Waals surface area (Å²) >= 11 is 0. The van der Waals surface area contributed by atoms with Crippen molar-refractivity contribution < 1.29 is 14.6 Å². The SMILES string of the molecule is CCCCCCCCCCC(OCCCCCCCC)C(=O)O. The minimum Gasteiger partial charge on any atom is -0.479 e. The molecule has 0 aromatic heterocycles. The summed E-state index contributed by atoms with van der Waals surface area (Å²) in [6.07, 6.45) is 17.2. The molecule has 0 bridgehead atoms. The van der Waals surface area contributed by atoms with Gasteiger partial charge in [-0.15, -0.1) is 0 Å². The molecular formula is C20H40O3. The van der Waals surface area contributed by atoms with Crippen LogP contribution in [-0.2, 0) is 9.53 Å². The van der Waals surface area contributed by atoms with Crippen molar-refractivity contribution in [2.45, 2.75) is 116 Å². The Balaban J connectivity index is 3.50. The predicted octanol–water partition coefficient (Wildman–Crippen LogP) is 6.35. The topological polar surface area (TPSA) is 46.5 Å². The summed E-state index contributed by atoms with van der Waals surface area (Å²) in [5, 5.41) is 9.22. The quantitative estimate of drug-likeness (QED) is 0.298. The van der Waals surface area contributed by atoms with E-state index in [1.807, 2.05) is 0 Å². The first-order chi connectivity index (χ1) is 11.2. The third kappa shape index (κ3) is 16.1. The van der Waals surface area contributed by atoms with Gasteiger partial charge in [0.1, 0.15) is 0 Å². The maximum atomic E-state index is 11.2. The summed E-state index contributed by atoms with van der Waals surface area (Å²) < 4.78 is 5.57.